The summed E-state index contributed by atoms with van der Waals surface area (Å²) in [5.41, 5.74) is 2.06. The fraction of sp³-hybridized carbons (Fsp3) is 0.613. The van der Waals surface area contributed by atoms with E-state index in [0.717, 1.165) is 62.4 Å². The van der Waals surface area contributed by atoms with Crippen molar-refractivity contribution in [3.63, 3.8) is 0 Å². The first kappa shape index (κ1) is 30.6. The molecule has 5 rings (SSSR count). The monoisotopic (exact) mass is 565 g/mol. The zero-order valence-electron chi connectivity index (χ0n) is 25.8. The molecule has 3 heterocycles. The van der Waals surface area contributed by atoms with Gasteiger partial charge in [0.2, 0.25) is 11.9 Å². The van der Waals surface area contributed by atoms with Gasteiger partial charge in [-0.25, -0.2) is 4.98 Å². The van der Waals surface area contributed by atoms with Crippen LogP contribution in [0, 0.1) is 0 Å². The van der Waals surface area contributed by atoms with Gasteiger partial charge in [0, 0.05) is 31.7 Å². The molecule has 1 unspecified atom stereocenters. The van der Waals surface area contributed by atoms with Crippen molar-refractivity contribution in [2.24, 2.45) is 0 Å². The van der Waals surface area contributed by atoms with E-state index in [-0.39, 0.29) is 23.9 Å². The molecule has 10 heteroatoms. The third kappa shape index (κ3) is 6.27. The van der Waals surface area contributed by atoms with Crippen LogP contribution < -0.4 is 24.8 Å². The summed E-state index contributed by atoms with van der Waals surface area (Å²) in [6.45, 7) is 8.03. The Hall–Kier alpha value is -3.40. The molecule has 2 aromatic rings. The third-order valence-electron chi connectivity index (χ3n) is 8.56. The molecule has 0 radical (unpaired) electrons. The zero-order valence-corrected chi connectivity index (χ0v) is 25.8. The Kier molecular flexibility index (Phi) is 10.1. The quantitative estimate of drug-likeness (QED) is 0.520. The Morgan fingerprint density at radius 1 is 1.12 bits per heavy atom. The molecule has 0 bridgehead atoms. The number of hydrogen-bond donors (Lipinski definition) is 1. The van der Waals surface area contributed by atoms with Crippen molar-refractivity contribution in [3.05, 3.63) is 30.0 Å². The summed E-state index contributed by atoms with van der Waals surface area (Å²) in [5.74, 6) is 1.89. The zero-order chi connectivity index (χ0) is 29.7. The normalized spacial score (nSPS) is 19.9. The van der Waals surface area contributed by atoms with Crippen LogP contribution in [0.1, 0.15) is 76.1 Å². The van der Waals surface area contributed by atoms with Gasteiger partial charge in [-0.1, -0.05) is 33.6 Å². The molecule has 10 nitrogen and oxygen atoms in total. The second-order valence-corrected chi connectivity index (χ2v) is 11.0. The van der Waals surface area contributed by atoms with Crippen LogP contribution in [-0.2, 0) is 4.79 Å². The van der Waals surface area contributed by atoms with Crippen molar-refractivity contribution in [3.8, 4) is 5.75 Å². The lowest BCUT2D eigenvalue weighted by molar-refractivity contribution is -0.120. The second kappa shape index (κ2) is 13.5. The molecule has 224 valence electrons. The van der Waals surface area contributed by atoms with Crippen molar-refractivity contribution in [2.75, 3.05) is 56.0 Å². The number of aromatic nitrogens is 2. The molecule has 1 aromatic heterocycles. The smallest absolute Gasteiger partial charge is 0.251 e. The van der Waals surface area contributed by atoms with Crippen LogP contribution >= 0.6 is 0 Å². The Morgan fingerprint density at radius 2 is 1.80 bits per heavy atom. The highest BCUT2D eigenvalue weighted by Gasteiger charge is 2.41. The summed E-state index contributed by atoms with van der Waals surface area (Å²) in [4.78, 5) is 44.0. The van der Waals surface area contributed by atoms with Crippen LogP contribution in [-0.4, -0.2) is 86.2 Å². The Balaban J connectivity index is 0.00000189. The molecule has 2 amide bonds. The number of likely N-dealkylation sites (tertiary alicyclic amines) is 1. The van der Waals surface area contributed by atoms with Gasteiger partial charge in [0.15, 0.2) is 5.82 Å². The number of fused-ring (bicyclic) bond motifs is 1. The molecule has 1 saturated carbocycles. The average molecular weight is 566 g/mol. The maximum absolute atomic E-state index is 13.2. The third-order valence-corrected chi connectivity index (χ3v) is 8.56. The van der Waals surface area contributed by atoms with Crippen molar-refractivity contribution < 1.29 is 14.3 Å². The molecular formula is C31H47N7O3. The Morgan fingerprint density at radius 3 is 2.44 bits per heavy atom. The SMILES string of the molecule is CC.CCC1C(=O)N(C)c2cnc(N(C)c3ccc(C(=O)NC4CCN(C)CC4)cc3OC)nc2N1C1CCCC1. The molecule has 2 aliphatic heterocycles. The standard InChI is InChI=1S/C29H41N7O3.C2H6/c1-6-22-28(38)34(3)24-18-30-29(32-26(24)36(22)21-9-7-8-10-21)35(4)23-12-11-19(17-25(23)39-5)27(37)31-20-13-15-33(2)16-14-20;1-2/h11-12,17-18,20-22H,6-10,13-16H2,1-5H3,(H,31,37);1-2H3. The summed E-state index contributed by atoms with van der Waals surface area (Å²) >= 11 is 0. The maximum atomic E-state index is 13.2. The van der Waals surface area contributed by atoms with Crippen molar-refractivity contribution in [1.29, 1.82) is 0 Å². The molecular weight excluding hydrogens is 518 g/mol. The number of amides is 2. The number of carbonyl (C=O) groups excluding carboxylic acids is 2. The van der Waals surface area contributed by atoms with E-state index in [2.05, 4.69) is 34.1 Å². The predicted octanol–water partition coefficient (Wildman–Crippen LogP) is 4.61. The first-order chi connectivity index (χ1) is 19.8. The first-order valence-electron chi connectivity index (χ1n) is 15.2. The summed E-state index contributed by atoms with van der Waals surface area (Å²) in [7, 11) is 7.41. The highest BCUT2D eigenvalue weighted by atomic mass is 16.5. The number of rotatable bonds is 7. The van der Waals surface area contributed by atoms with E-state index in [1.807, 2.05) is 37.9 Å². The molecule has 1 saturated heterocycles. The van der Waals surface area contributed by atoms with Crippen LogP contribution in [0.2, 0.25) is 0 Å². The Bertz CT molecular complexity index is 1210. The van der Waals surface area contributed by atoms with Crippen molar-refractivity contribution >= 4 is 35.0 Å². The molecule has 1 N–H and O–H groups in total. The summed E-state index contributed by atoms with van der Waals surface area (Å²) in [5, 5.41) is 3.17. The molecule has 3 aliphatic rings. The van der Waals surface area contributed by atoms with E-state index in [1.54, 1.807) is 31.3 Å². The Labute approximate surface area is 245 Å². The van der Waals surface area contributed by atoms with Crippen LogP contribution in [0.4, 0.5) is 23.1 Å². The number of nitrogens with zero attached hydrogens (tertiary/aromatic N) is 6. The highest BCUT2D eigenvalue weighted by molar-refractivity contribution is 6.04. The second-order valence-electron chi connectivity index (χ2n) is 11.0. The fourth-order valence-corrected chi connectivity index (χ4v) is 6.16. The minimum Gasteiger partial charge on any atom is -0.495 e. The van der Waals surface area contributed by atoms with Crippen molar-refractivity contribution in [2.45, 2.75) is 83.8 Å². The van der Waals surface area contributed by atoms with E-state index in [9.17, 15) is 9.59 Å². The molecule has 2 fully saturated rings. The number of carbonyl (C=O) groups is 2. The van der Waals surface area contributed by atoms with E-state index < -0.39 is 0 Å². The van der Waals surface area contributed by atoms with Crippen LogP contribution in [0.5, 0.6) is 5.75 Å². The summed E-state index contributed by atoms with van der Waals surface area (Å²) in [6.07, 6.45) is 8.85. The van der Waals surface area contributed by atoms with Gasteiger partial charge >= 0.3 is 0 Å². The van der Waals surface area contributed by atoms with Gasteiger partial charge in [-0.05, 0) is 70.4 Å². The van der Waals surface area contributed by atoms with Gasteiger partial charge in [0.05, 0.1) is 19.0 Å². The summed E-state index contributed by atoms with van der Waals surface area (Å²) in [6, 6.07) is 5.74. The van der Waals surface area contributed by atoms with E-state index in [1.165, 1.54) is 12.8 Å². The minimum absolute atomic E-state index is 0.0902. The topological polar surface area (TPSA) is 94.1 Å². The van der Waals surface area contributed by atoms with Crippen LogP contribution in [0.15, 0.2) is 24.4 Å². The lowest BCUT2D eigenvalue weighted by atomic mass is 10.0. The van der Waals surface area contributed by atoms with Gasteiger partial charge in [-0.15, -0.1) is 0 Å². The number of likely N-dealkylation sites (N-methyl/N-ethyl adjacent to an activating group) is 1. The largest absolute Gasteiger partial charge is 0.495 e. The minimum atomic E-state index is -0.226. The van der Waals surface area contributed by atoms with Gasteiger partial charge in [-0.2, -0.15) is 4.98 Å². The first-order valence-corrected chi connectivity index (χ1v) is 15.2. The lowest BCUT2D eigenvalue weighted by Gasteiger charge is -2.43. The van der Waals surface area contributed by atoms with E-state index in [4.69, 9.17) is 9.72 Å². The lowest BCUT2D eigenvalue weighted by Crippen LogP contribution is -2.55. The molecule has 0 spiro atoms. The van der Waals surface area contributed by atoms with Gasteiger partial charge in [0.1, 0.15) is 17.5 Å². The van der Waals surface area contributed by atoms with Gasteiger partial charge < -0.3 is 29.7 Å². The fourth-order valence-electron chi connectivity index (χ4n) is 6.16. The number of benzene rings is 1. The predicted molar refractivity (Wildman–Crippen MR) is 165 cm³/mol. The average Bonchev–Trinajstić information content (AvgIpc) is 3.54. The van der Waals surface area contributed by atoms with Crippen molar-refractivity contribution in [1.82, 2.24) is 20.2 Å². The molecule has 1 atom stereocenters. The highest BCUT2D eigenvalue weighted by Crippen LogP contribution is 2.41. The number of hydrogen-bond acceptors (Lipinski definition) is 8. The van der Waals surface area contributed by atoms with E-state index in [0.29, 0.717) is 23.3 Å². The van der Waals surface area contributed by atoms with Crippen LogP contribution in [0.3, 0.4) is 0 Å². The summed E-state index contributed by atoms with van der Waals surface area (Å²) < 4.78 is 5.72. The molecule has 1 aliphatic carbocycles. The van der Waals surface area contributed by atoms with Crippen LogP contribution in [0.25, 0.3) is 0 Å². The maximum Gasteiger partial charge on any atom is 0.251 e. The number of methoxy groups -OCH3 is 1. The number of anilines is 4. The van der Waals surface area contributed by atoms with Gasteiger partial charge in [-0.3, -0.25) is 9.59 Å². The molecule has 41 heavy (non-hydrogen) atoms. The number of nitrogens with one attached hydrogen (secondary N) is 1. The number of ether oxygens (including phenoxy) is 1. The molecule has 1 aromatic carbocycles. The van der Waals surface area contributed by atoms with E-state index >= 15 is 0 Å². The van der Waals surface area contributed by atoms with Gasteiger partial charge in [0.25, 0.3) is 5.91 Å². The number of piperidine rings is 1.